The molecular weight excluding hydrogens is 434 g/mol. The number of phenolic OH excluding ortho intramolecular Hbond substituents is 3. The third-order valence-corrected chi connectivity index (χ3v) is 5.19. The molecule has 0 aliphatic rings. The molecule has 7 heteroatoms. The molecule has 3 aromatic carbocycles. The van der Waals surface area contributed by atoms with Crippen LogP contribution in [0.15, 0.2) is 71.2 Å². The first-order valence-corrected chi connectivity index (χ1v) is 9.69. The number of rotatable bonds is 5. The van der Waals surface area contributed by atoms with Crippen LogP contribution in [0.1, 0.15) is 5.56 Å². The summed E-state index contributed by atoms with van der Waals surface area (Å²) in [6.07, 6.45) is 0. The van der Waals surface area contributed by atoms with Gasteiger partial charge >= 0.3 is 0 Å². The molecule has 5 N–H and O–H groups in total. The first-order chi connectivity index (χ1) is 14.0. The second-order valence-corrected chi connectivity index (χ2v) is 7.41. The van der Waals surface area contributed by atoms with Crippen LogP contribution >= 0.6 is 15.9 Å². The van der Waals surface area contributed by atoms with Crippen molar-refractivity contribution in [3.8, 4) is 39.6 Å². The van der Waals surface area contributed by atoms with Crippen molar-refractivity contribution in [1.29, 1.82) is 0 Å². The summed E-state index contributed by atoms with van der Waals surface area (Å²) in [4.78, 5) is 0. The third kappa shape index (κ3) is 4.05. The highest BCUT2D eigenvalue weighted by molar-refractivity contribution is 9.10. The highest BCUT2D eigenvalue weighted by Crippen LogP contribution is 2.37. The van der Waals surface area contributed by atoms with Crippen LogP contribution in [0.5, 0.6) is 17.2 Å². The first kappa shape index (κ1) is 18.9. The first-order valence-electron chi connectivity index (χ1n) is 8.89. The van der Waals surface area contributed by atoms with Gasteiger partial charge in [0.2, 0.25) is 0 Å². The Hall–Kier alpha value is -3.45. The van der Waals surface area contributed by atoms with Gasteiger partial charge in [-0.3, -0.25) is 5.10 Å². The Morgan fingerprint density at radius 3 is 2.07 bits per heavy atom. The van der Waals surface area contributed by atoms with Gasteiger partial charge in [0.25, 0.3) is 0 Å². The summed E-state index contributed by atoms with van der Waals surface area (Å²) >= 11 is 3.33. The molecule has 4 rings (SSSR count). The summed E-state index contributed by atoms with van der Waals surface area (Å²) < 4.78 is 0.627. The number of hydrogen-bond donors (Lipinski definition) is 5. The van der Waals surface area contributed by atoms with Crippen molar-refractivity contribution in [2.24, 2.45) is 0 Å². The lowest BCUT2D eigenvalue weighted by Crippen LogP contribution is -2.01. The Bertz CT molecular complexity index is 1140. The molecule has 0 spiro atoms. The van der Waals surface area contributed by atoms with Gasteiger partial charge in [-0.25, -0.2) is 0 Å². The summed E-state index contributed by atoms with van der Waals surface area (Å²) in [5, 5.41) is 39.8. The summed E-state index contributed by atoms with van der Waals surface area (Å²) in [6.45, 7) is 0.504. The van der Waals surface area contributed by atoms with Gasteiger partial charge in [-0.1, -0.05) is 18.2 Å². The number of anilines is 1. The second kappa shape index (κ2) is 7.89. The lowest BCUT2D eigenvalue weighted by molar-refractivity contribution is 0.471. The molecule has 1 heterocycles. The number of phenols is 3. The van der Waals surface area contributed by atoms with Crippen LogP contribution in [0.25, 0.3) is 22.4 Å². The lowest BCUT2D eigenvalue weighted by atomic mass is 10.0. The normalized spacial score (nSPS) is 10.8. The van der Waals surface area contributed by atoms with E-state index in [9.17, 15) is 15.3 Å². The topological polar surface area (TPSA) is 101 Å². The Kier molecular flexibility index (Phi) is 5.14. The Balaban J connectivity index is 1.72. The van der Waals surface area contributed by atoms with Gasteiger partial charge in [0, 0.05) is 12.1 Å². The zero-order valence-corrected chi connectivity index (χ0v) is 16.8. The molecule has 0 atom stereocenters. The van der Waals surface area contributed by atoms with Crippen LogP contribution in [0.4, 0.5) is 5.82 Å². The smallest absolute Gasteiger partial charge is 0.156 e. The molecule has 0 unspecified atom stereocenters. The number of H-pyrrole nitrogens is 1. The van der Waals surface area contributed by atoms with E-state index in [4.69, 9.17) is 0 Å². The number of hydrogen-bond acceptors (Lipinski definition) is 5. The molecule has 6 nitrogen and oxygen atoms in total. The molecule has 0 radical (unpaired) electrons. The zero-order chi connectivity index (χ0) is 20.4. The van der Waals surface area contributed by atoms with Gasteiger partial charge in [0.15, 0.2) is 5.82 Å². The summed E-state index contributed by atoms with van der Waals surface area (Å²) in [5.74, 6) is 1.22. The number of aromatic hydroxyl groups is 3. The van der Waals surface area contributed by atoms with E-state index < -0.39 is 0 Å². The molecule has 0 saturated carbocycles. The van der Waals surface area contributed by atoms with Crippen molar-refractivity contribution in [3.05, 3.63) is 76.8 Å². The Morgan fingerprint density at radius 2 is 1.45 bits per heavy atom. The summed E-state index contributed by atoms with van der Waals surface area (Å²) in [5.41, 5.74) is 4.38. The van der Waals surface area contributed by atoms with E-state index in [-0.39, 0.29) is 17.2 Å². The molecule has 4 aromatic rings. The molecule has 0 aliphatic carbocycles. The minimum Gasteiger partial charge on any atom is -0.508 e. The van der Waals surface area contributed by atoms with Gasteiger partial charge in [-0.15, -0.1) is 0 Å². The zero-order valence-electron chi connectivity index (χ0n) is 15.2. The van der Waals surface area contributed by atoms with E-state index in [2.05, 4.69) is 31.4 Å². The van der Waals surface area contributed by atoms with E-state index in [1.807, 2.05) is 36.4 Å². The van der Waals surface area contributed by atoms with Crippen LogP contribution in [0.3, 0.4) is 0 Å². The number of halogens is 1. The third-order valence-electron chi connectivity index (χ3n) is 4.55. The largest absolute Gasteiger partial charge is 0.508 e. The van der Waals surface area contributed by atoms with E-state index >= 15 is 0 Å². The van der Waals surface area contributed by atoms with Gasteiger partial charge in [0.1, 0.15) is 17.2 Å². The van der Waals surface area contributed by atoms with Gasteiger partial charge in [0.05, 0.1) is 15.7 Å². The van der Waals surface area contributed by atoms with E-state index in [1.165, 1.54) is 0 Å². The van der Waals surface area contributed by atoms with Crippen molar-refractivity contribution in [2.45, 2.75) is 6.54 Å². The number of nitrogens with zero attached hydrogens (tertiary/aromatic N) is 1. The minimum absolute atomic E-state index is 0.187. The molecule has 0 amide bonds. The Morgan fingerprint density at radius 1 is 0.828 bits per heavy atom. The summed E-state index contributed by atoms with van der Waals surface area (Å²) in [6, 6.07) is 19.1. The fourth-order valence-electron chi connectivity index (χ4n) is 3.06. The summed E-state index contributed by atoms with van der Waals surface area (Å²) in [7, 11) is 0. The van der Waals surface area contributed by atoms with Gasteiger partial charge < -0.3 is 20.6 Å². The monoisotopic (exact) mass is 451 g/mol. The number of benzene rings is 3. The van der Waals surface area contributed by atoms with Crippen molar-refractivity contribution in [2.75, 3.05) is 5.32 Å². The second-order valence-electron chi connectivity index (χ2n) is 6.56. The van der Waals surface area contributed by atoms with Crippen LogP contribution < -0.4 is 5.32 Å². The molecule has 0 saturated heterocycles. The molecule has 0 aliphatic heterocycles. The average Bonchev–Trinajstić information content (AvgIpc) is 3.14. The number of aromatic nitrogens is 2. The lowest BCUT2D eigenvalue weighted by Gasteiger charge is -2.10. The van der Waals surface area contributed by atoms with Crippen LogP contribution in [0.2, 0.25) is 0 Å². The molecule has 29 heavy (non-hydrogen) atoms. The highest BCUT2D eigenvalue weighted by atomic mass is 79.9. The predicted molar refractivity (Wildman–Crippen MR) is 116 cm³/mol. The number of aromatic amines is 1. The fraction of sp³-hybridized carbons (Fsp3) is 0.0455. The molecule has 0 fully saturated rings. The van der Waals surface area contributed by atoms with Crippen molar-refractivity contribution in [1.82, 2.24) is 10.2 Å². The van der Waals surface area contributed by atoms with Crippen molar-refractivity contribution in [3.63, 3.8) is 0 Å². The fourth-order valence-corrected chi connectivity index (χ4v) is 3.49. The van der Waals surface area contributed by atoms with Gasteiger partial charge in [-0.2, -0.15) is 5.10 Å². The van der Waals surface area contributed by atoms with Crippen molar-refractivity contribution < 1.29 is 15.3 Å². The van der Waals surface area contributed by atoms with Gasteiger partial charge in [-0.05, 0) is 75.6 Å². The van der Waals surface area contributed by atoms with E-state index in [0.29, 0.717) is 16.8 Å². The SMILES string of the molecule is Oc1ccc(-c2[nH]nc(NCc3ccc(O)c(Br)c3)c2-c2ccc(O)cc2)cc1. The van der Waals surface area contributed by atoms with E-state index in [0.717, 1.165) is 27.9 Å². The van der Waals surface area contributed by atoms with Crippen LogP contribution in [0, 0.1) is 0 Å². The van der Waals surface area contributed by atoms with E-state index in [1.54, 1.807) is 30.3 Å². The Labute approximate surface area is 175 Å². The minimum atomic E-state index is 0.187. The van der Waals surface area contributed by atoms with Crippen LogP contribution in [-0.4, -0.2) is 25.5 Å². The maximum Gasteiger partial charge on any atom is 0.156 e. The van der Waals surface area contributed by atoms with Crippen LogP contribution in [-0.2, 0) is 6.54 Å². The molecule has 0 bridgehead atoms. The molecule has 146 valence electrons. The highest BCUT2D eigenvalue weighted by Gasteiger charge is 2.17. The average molecular weight is 452 g/mol. The van der Waals surface area contributed by atoms with Crippen molar-refractivity contribution >= 4 is 21.7 Å². The number of nitrogens with one attached hydrogen (secondary N) is 2. The molecule has 1 aromatic heterocycles. The quantitative estimate of drug-likeness (QED) is 0.285. The standard InChI is InChI=1S/C22H18BrN3O3/c23-18-11-13(1-10-19(18)29)12-24-22-20(14-2-6-16(27)7-3-14)21(25-26-22)15-4-8-17(28)9-5-15/h1-11,27-29H,12H2,(H2,24,25,26). The predicted octanol–water partition coefficient (Wildman–Crippen LogP) is 5.24. The maximum absolute atomic E-state index is 9.67. The molecular formula is C22H18BrN3O3. The maximum atomic E-state index is 9.67.